The average Bonchev–Trinajstić information content (AvgIpc) is 2.48. The Balaban J connectivity index is 2.51. The van der Waals surface area contributed by atoms with Crippen molar-refractivity contribution in [3.05, 3.63) is 30.5 Å². The third-order valence-electron chi connectivity index (χ3n) is 1.85. The number of hydrogen-bond donors (Lipinski definition) is 3. The summed E-state index contributed by atoms with van der Waals surface area (Å²) in [6.45, 7) is 0. The highest BCUT2D eigenvalue weighted by Crippen LogP contribution is 2.21. The maximum absolute atomic E-state index is 10.6. The molecule has 0 bridgehead atoms. The van der Waals surface area contributed by atoms with Crippen molar-refractivity contribution < 1.29 is 4.79 Å². The number of primary amides is 1. The van der Waals surface area contributed by atoms with Crippen molar-refractivity contribution in [2.75, 3.05) is 5.32 Å². The van der Waals surface area contributed by atoms with E-state index >= 15 is 0 Å². The first-order valence-corrected chi connectivity index (χ1v) is 3.90. The number of nitrogens with two attached hydrogens (primary N) is 1. The number of hydrogen-bond acceptors (Lipinski definition) is 1. The number of benzene rings is 1. The quantitative estimate of drug-likeness (QED) is 0.606. The van der Waals surface area contributed by atoms with Gasteiger partial charge in [0.2, 0.25) is 0 Å². The van der Waals surface area contributed by atoms with Crippen molar-refractivity contribution in [1.82, 2.24) is 4.98 Å². The normalized spacial score (nSPS) is 10.2. The van der Waals surface area contributed by atoms with Crippen molar-refractivity contribution in [2.45, 2.75) is 0 Å². The van der Waals surface area contributed by atoms with Gasteiger partial charge in [-0.25, -0.2) is 4.79 Å². The molecule has 2 rings (SSSR count). The molecule has 2 amide bonds. The Morgan fingerprint density at radius 3 is 2.92 bits per heavy atom. The minimum Gasteiger partial charge on any atom is -0.359 e. The first-order valence-electron chi connectivity index (χ1n) is 3.90. The lowest BCUT2D eigenvalue weighted by molar-refractivity contribution is 0.259. The molecule has 2 aromatic rings. The Morgan fingerprint density at radius 2 is 2.15 bits per heavy atom. The monoisotopic (exact) mass is 175 g/mol. The van der Waals surface area contributed by atoms with Crippen LogP contribution in [-0.4, -0.2) is 11.0 Å². The topological polar surface area (TPSA) is 70.9 Å². The van der Waals surface area contributed by atoms with Gasteiger partial charge in [-0.2, -0.15) is 0 Å². The maximum Gasteiger partial charge on any atom is 0.316 e. The molecule has 1 heterocycles. The molecule has 13 heavy (non-hydrogen) atoms. The predicted octanol–water partition coefficient (Wildman–Crippen LogP) is 1.66. The third-order valence-corrected chi connectivity index (χ3v) is 1.85. The molecule has 0 fully saturated rings. The van der Waals surface area contributed by atoms with Crippen molar-refractivity contribution in [3.63, 3.8) is 0 Å². The second-order valence-electron chi connectivity index (χ2n) is 2.74. The Labute approximate surface area is 74.7 Å². The van der Waals surface area contributed by atoms with Gasteiger partial charge in [-0.05, 0) is 6.07 Å². The van der Waals surface area contributed by atoms with Crippen LogP contribution in [0.1, 0.15) is 0 Å². The number of amides is 2. The molecule has 66 valence electrons. The first kappa shape index (κ1) is 7.67. The second kappa shape index (κ2) is 2.82. The molecule has 0 aliphatic carbocycles. The summed E-state index contributed by atoms with van der Waals surface area (Å²) >= 11 is 0. The second-order valence-corrected chi connectivity index (χ2v) is 2.74. The number of nitrogens with one attached hydrogen (secondary N) is 2. The lowest BCUT2D eigenvalue weighted by Crippen LogP contribution is -2.18. The highest BCUT2D eigenvalue weighted by Gasteiger charge is 2.02. The third kappa shape index (κ3) is 1.33. The molecule has 0 spiro atoms. The zero-order chi connectivity index (χ0) is 9.26. The molecule has 0 unspecified atom stereocenters. The molecule has 1 aromatic heterocycles. The fraction of sp³-hybridized carbons (Fsp3) is 0. The van der Waals surface area contributed by atoms with Gasteiger partial charge >= 0.3 is 6.03 Å². The summed E-state index contributed by atoms with van der Waals surface area (Å²) in [4.78, 5) is 13.6. The standard InChI is InChI=1S/C9H9N3O/c10-9(13)12-8-5-11-7-4-2-1-3-6(7)8/h1-5,11H,(H3,10,12,13). The number of anilines is 1. The summed E-state index contributed by atoms with van der Waals surface area (Å²) in [7, 11) is 0. The first-order chi connectivity index (χ1) is 6.27. The number of aromatic amines is 1. The van der Waals surface area contributed by atoms with E-state index in [1.807, 2.05) is 24.3 Å². The molecule has 0 radical (unpaired) electrons. The van der Waals surface area contributed by atoms with Crippen LogP contribution < -0.4 is 11.1 Å². The van der Waals surface area contributed by atoms with Gasteiger partial charge in [0.1, 0.15) is 0 Å². The van der Waals surface area contributed by atoms with Crippen molar-refractivity contribution in [3.8, 4) is 0 Å². The molecule has 0 atom stereocenters. The van der Waals surface area contributed by atoms with E-state index in [9.17, 15) is 4.79 Å². The average molecular weight is 175 g/mol. The van der Waals surface area contributed by atoms with Crippen LogP contribution in [0.2, 0.25) is 0 Å². The Hall–Kier alpha value is -1.97. The lowest BCUT2D eigenvalue weighted by atomic mass is 10.2. The number of urea groups is 1. The predicted molar refractivity (Wildman–Crippen MR) is 51.5 cm³/mol. The van der Waals surface area contributed by atoms with E-state index in [0.29, 0.717) is 5.69 Å². The van der Waals surface area contributed by atoms with Crippen molar-refractivity contribution in [1.29, 1.82) is 0 Å². The number of carbonyl (C=O) groups is 1. The van der Waals surface area contributed by atoms with Gasteiger partial charge < -0.3 is 16.0 Å². The molecular formula is C9H9N3O. The van der Waals surface area contributed by atoms with Crippen LogP contribution in [0, 0.1) is 0 Å². The Morgan fingerprint density at radius 1 is 1.38 bits per heavy atom. The van der Waals surface area contributed by atoms with Crippen LogP contribution in [-0.2, 0) is 0 Å². The van der Waals surface area contributed by atoms with E-state index in [1.165, 1.54) is 0 Å². The number of carbonyl (C=O) groups excluding carboxylic acids is 1. The molecule has 0 aliphatic heterocycles. The van der Waals surface area contributed by atoms with E-state index in [4.69, 9.17) is 5.73 Å². The largest absolute Gasteiger partial charge is 0.359 e. The van der Waals surface area contributed by atoms with Gasteiger partial charge in [0, 0.05) is 17.1 Å². The highest BCUT2D eigenvalue weighted by molar-refractivity contribution is 6.00. The maximum atomic E-state index is 10.6. The van der Waals surface area contributed by atoms with E-state index in [0.717, 1.165) is 10.9 Å². The van der Waals surface area contributed by atoms with E-state index in [2.05, 4.69) is 10.3 Å². The van der Waals surface area contributed by atoms with Crippen molar-refractivity contribution in [2.24, 2.45) is 5.73 Å². The summed E-state index contributed by atoms with van der Waals surface area (Å²) in [5.41, 5.74) is 6.70. The molecule has 0 saturated heterocycles. The molecule has 4 heteroatoms. The van der Waals surface area contributed by atoms with Gasteiger partial charge in [-0.1, -0.05) is 18.2 Å². The number of aromatic nitrogens is 1. The summed E-state index contributed by atoms with van der Waals surface area (Å²) in [5, 5.41) is 3.49. The summed E-state index contributed by atoms with van der Waals surface area (Å²) in [6, 6.07) is 7.12. The van der Waals surface area contributed by atoms with Crippen LogP contribution in [0.25, 0.3) is 10.9 Å². The van der Waals surface area contributed by atoms with Gasteiger partial charge in [-0.3, -0.25) is 0 Å². The van der Waals surface area contributed by atoms with E-state index in [1.54, 1.807) is 6.20 Å². The van der Waals surface area contributed by atoms with E-state index in [-0.39, 0.29) is 0 Å². The molecule has 0 aliphatic rings. The molecule has 4 nitrogen and oxygen atoms in total. The lowest BCUT2D eigenvalue weighted by Gasteiger charge is -1.97. The zero-order valence-electron chi connectivity index (χ0n) is 6.87. The molecule has 0 saturated carbocycles. The summed E-state index contributed by atoms with van der Waals surface area (Å²) < 4.78 is 0. The van der Waals surface area contributed by atoms with Crippen LogP contribution in [0.15, 0.2) is 30.5 Å². The van der Waals surface area contributed by atoms with Gasteiger partial charge in [0.05, 0.1) is 5.69 Å². The minimum atomic E-state index is -0.551. The number of rotatable bonds is 1. The van der Waals surface area contributed by atoms with Gasteiger partial charge in [0.25, 0.3) is 0 Å². The Bertz CT molecular complexity index is 447. The number of H-pyrrole nitrogens is 1. The smallest absolute Gasteiger partial charge is 0.316 e. The van der Waals surface area contributed by atoms with Crippen LogP contribution in [0.4, 0.5) is 10.5 Å². The zero-order valence-corrected chi connectivity index (χ0v) is 6.87. The van der Waals surface area contributed by atoms with Crippen LogP contribution >= 0.6 is 0 Å². The summed E-state index contributed by atoms with van der Waals surface area (Å²) in [6.07, 6.45) is 1.72. The fourth-order valence-corrected chi connectivity index (χ4v) is 1.31. The Kier molecular flexibility index (Phi) is 1.66. The number of para-hydroxylation sites is 1. The fourth-order valence-electron chi connectivity index (χ4n) is 1.31. The SMILES string of the molecule is NC(=O)Nc1c[nH]c2ccccc12. The van der Waals surface area contributed by atoms with Gasteiger partial charge in [-0.15, -0.1) is 0 Å². The molecule has 1 aromatic carbocycles. The molecular weight excluding hydrogens is 166 g/mol. The van der Waals surface area contributed by atoms with Crippen LogP contribution in [0.3, 0.4) is 0 Å². The molecule has 4 N–H and O–H groups in total. The summed E-state index contributed by atoms with van der Waals surface area (Å²) in [5.74, 6) is 0. The van der Waals surface area contributed by atoms with Gasteiger partial charge in [0.15, 0.2) is 0 Å². The highest BCUT2D eigenvalue weighted by atomic mass is 16.2. The van der Waals surface area contributed by atoms with Crippen molar-refractivity contribution >= 4 is 22.6 Å². The minimum absolute atomic E-state index is 0.551. The van der Waals surface area contributed by atoms with E-state index < -0.39 is 6.03 Å². The van der Waals surface area contributed by atoms with Crippen LogP contribution in [0.5, 0.6) is 0 Å². The number of fused-ring (bicyclic) bond motifs is 1.